The fourth-order valence-corrected chi connectivity index (χ4v) is 4.76. The molecule has 0 unspecified atom stereocenters. The average Bonchev–Trinajstić information content (AvgIpc) is 3.05. The molecule has 290 valence electrons. The van der Waals surface area contributed by atoms with Gasteiger partial charge < -0.3 is 43.4 Å². The maximum Gasteiger partial charge on any atom is 0.374 e. The van der Waals surface area contributed by atoms with Gasteiger partial charge in [0.1, 0.15) is 16.8 Å². The van der Waals surface area contributed by atoms with Gasteiger partial charge in [0, 0.05) is 23.3 Å². The van der Waals surface area contributed by atoms with Crippen molar-refractivity contribution in [2.24, 2.45) is 0 Å². The van der Waals surface area contributed by atoms with Crippen LogP contribution in [-0.2, 0) is 28.6 Å². The van der Waals surface area contributed by atoms with Gasteiger partial charge in [0.15, 0.2) is 34.5 Å². The van der Waals surface area contributed by atoms with Gasteiger partial charge in [0.05, 0.1) is 21.3 Å². The van der Waals surface area contributed by atoms with Crippen molar-refractivity contribution >= 4 is 36.1 Å². The van der Waals surface area contributed by atoms with E-state index in [0.29, 0.717) is 16.7 Å². The summed E-state index contributed by atoms with van der Waals surface area (Å²) in [4.78, 5) is 38.2. The lowest BCUT2D eigenvalue weighted by Crippen LogP contribution is -2.26. The van der Waals surface area contributed by atoms with E-state index in [1.165, 1.54) is 69.9 Å². The first kappa shape index (κ1) is 42.5. The van der Waals surface area contributed by atoms with Crippen molar-refractivity contribution in [2.45, 2.75) is 79.1 Å². The third-order valence-corrected chi connectivity index (χ3v) is 6.87. The van der Waals surface area contributed by atoms with E-state index in [1.54, 1.807) is 86.6 Å². The number of methoxy groups -OCH3 is 3. The molecule has 0 aliphatic rings. The molecule has 0 aliphatic carbocycles. The van der Waals surface area contributed by atoms with Crippen molar-refractivity contribution in [3.63, 3.8) is 0 Å². The average molecular weight is 747 g/mol. The topological polar surface area (TPSA) is 156 Å². The van der Waals surface area contributed by atoms with Crippen LogP contribution in [-0.4, -0.2) is 66.3 Å². The van der Waals surface area contributed by atoms with Crippen LogP contribution < -0.4 is 18.9 Å². The lowest BCUT2D eigenvalue weighted by atomic mass is 9.97. The number of carbonyl (C=O) groups is 3. The minimum Gasteiger partial charge on any atom is -0.504 e. The molecule has 0 heterocycles. The number of hydrogen-bond donors (Lipinski definition) is 2. The third kappa shape index (κ3) is 12.6. The Morgan fingerprint density at radius 1 is 0.537 bits per heavy atom. The molecule has 12 heteroatoms. The fraction of sp³-hybridized carbons (Fsp3) is 0.357. The zero-order valence-corrected chi connectivity index (χ0v) is 32.9. The first-order valence-corrected chi connectivity index (χ1v) is 17.0. The highest BCUT2D eigenvalue weighted by Gasteiger charge is 2.25. The molecule has 3 aromatic carbocycles. The van der Waals surface area contributed by atoms with Gasteiger partial charge in [-0.3, -0.25) is 0 Å². The molecule has 0 amide bonds. The van der Waals surface area contributed by atoms with Gasteiger partial charge in [-0.25, -0.2) is 14.4 Å². The molecule has 2 N–H and O–H groups in total. The number of aromatic hydroxyl groups is 2. The number of benzene rings is 3. The normalized spacial score (nSPS) is 12.4. The number of ether oxygens (including phenoxy) is 7. The Morgan fingerprint density at radius 2 is 0.963 bits per heavy atom. The summed E-state index contributed by atoms with van der Waals surface area (Å²) in [5.74, 6) is -2.33. The minimum absolute atomic E-state index is 0.00839. The second-order valence-corrected chi connectivity index (χ2v) is 15.0. The maximum absolute atomic E-state index is 13.6. The Kier molecular flexibility index (Phi) is 13.6. The summed E-state index contributed by atoms with van der Waals surface area (Å²) in [6.07, 6.45) is 6.96. The van der Waals surface area contributed by atoms with E-state index in [1.807, 2.05) is 0 Å². The summed E-state index contributed by atoms with van der Waals surface area (Å²) in [5, 5.41) is 22.5. The van der Waals surface area contributed by atoms with Gasteiger partial charge in [-0.05, 0) is 134 Å². The molecule has 12 nitrogen and oxygen atoms in total. The maximum atomic E-state index is 13.6. The van der Waals surface area contributed by atoms with Crippen LogP contribution in [0, 0.1) is 0 Å². The largest absolute Gasteiger partial charge is 0.504 e. The summed E-state index contributed by atoms with van der Waals surface area (Å²) < 4.78 is 38.9. The minimum atomic E-state index is -0.895. The molecule has 0 saturated carbocycles. The summed E-state index contributed by atoms with van der Waals surface area (Å²) >= 11 is 0. The van der Waals surface area contributed by atoms with Crippen LogP contribution in [0.15, 0.2) is 60.4 Å². The van der Waals surface area contributed by atoms with E-state index >= 15 is 0 Å². The number of phenols is 2. The van der Waals surface area contributed by atoms with Gasteiger partial charge in [-0.15, -0.1) is 0 Å². The van der Waals surface area contributed by atoms with Gasteiger partial charge in [-0.1, -0.05) is 6.07 Å². The van der Waals surface area contributed by atoms with Crippen molar-refractivity contribution in [2.75, 3.05) is 21.3 Å². The van der Waals surface area contributed by atoms with Crippen LogP contribution in [0.5, 0.6) is 34.5 Å². The second kappa shape index (κ2) is 17.3. The van der Waals surface area contributed by atoms with E-state index < -0.39 is 34.7 Å². The van der Waals surface area contributed by atoms with Crippen LogP contribution in [0.2, 0.25) is 0 Å². The van der Waals surface area contributed by atoms with E-state index in [-0.39, 0.29) is 51.4 Å². The number of esters is 3. The standard InChI is InChI=1S/C42H50O12/c1-40(2,3)52-35(43)17-14-25-13-16-30(31(21-25)48-10)51-34(39(47)54-42(7,8)9)24-27-20-29(38(46)33(23-27)50-12)28-19-26(22-32(49-11)37(28)45)15-18-36(44)53-41(4,5)6/h13-24,45-46H,1-12H3/b17-14+,18-15+,34-24-. The SMILES string of the molecule is COc1cc(/C=C/C(=O)OC(C)(C)C)ccc1O/C(=C\c1cc(OC)c(O)c(-c2cc(/C=C/C(=O)OC(C)(C)C)cc(OC)c2O)c1)C(=O)OC(C)(C)C. The molecule has 0 radical (unpaired) electrons. The molecular formula is C42H50O12. The summed E-state index contributed by atoms with van der Waals surface area (Å²) in [6.45, 7) is 15.7. The van der Waals surface area contributed by atoms with Crippen molar-refractivity contribution < 1.29 is 57.8 Å². The number of carbonyl (C=O) groups excluding carboxylic acids is 3. The Bertz CT molecular complexity index is 1950. The van der Waals surface area contributed by atoms with Crippen LogP contribution in [0.3, 0.4) is 0 Å². The van der Waals surface area contributed by atoms with Crippen LogP contribution in [0.25, 0.3) is 29.4 Å². The molecule has 0 aliphatic heterocycles. The third-order valence-electron chi connectivity index (χ3n) is 6.87. The van der Waals surface area contributed by atoms with E-state index in [0.717, 1.165) is 0 Å². The fourth-order valence-electron chi connectivity index (χ4n) is 4.76. The number of rotatable bonds is 12. The first-order chi connectivity index (χ1) is 25.0. The molecule has 0 aromatic heterocycles. The van der Waals surface area contributed by atoms with E-state index in [2.05, 4.69) is 0 Å². The lowest BCUT2D eigenvalue weighted by Gasteiger charge is -2.21. The molecule has 0 saturated heterocycles. The summed E-state index contributed by atoms with van der Waals surface area (Å²) in [5.41, 5.74) is -0.670. The van der Waals surface area contributed by atoms with Crippen LogP contribution in [0.4, 0.5) is 0 Å². The smallest absolute Gasteiger partial charge is 0.374 e. The number of phenolic OH excluding ortho intramolecular Hbond substituents is 2. The molecule has 0 spiro atoms. The lowest BCUT2D eigenvalue weighted by molar-refractivity contribution is -0.152. The van der Waals surface area contributed by atoms with Gasteiger partial charge in [0.2, 0.25) is 5.76 Å². The zero-order chi connectivity index (χ0) is 40.6. The van der Waals surface area contributed by atoms with Crippen molar-refractivity contribution in [3.8, 4) is 45.6 Å². The highest BCUT2D eigenvalue weighted by Crippen LogP contribution is 2.46. The van der Waals surface area contributed by atoms with Gasteiger partial charge >= 0.3 is 17.9 Å². The molecule has 3 rings (SSSR count). The molecule has 3 aromatic rings. The quantitative estimate of drug-likeness (QED) is 0.0793. The molecular weight excluding hydrogens is 696 g/mol. The zero-order valence-electron chi connectivity index (χ0n) is 32.9. The predicted octanol–water partition coefficient (Wildman–Crippen LogP) is 8.26. The Hall–Kier alpha value is -5.91. The Labute approximate surface area is 316 Å². The Balaban J connectivity index is 2.16. The molecule has 0 fully saturated rings. The summed E-state index contributed by atoms with van der Waals surface area (Å²) in [6, 6.07) is 10.9. The van der Waals surface area contributed by atoms with Crippen molar-refractivity contribution in [3.05, 3.63) is 77.1 Å². The summed E-state index contributed by atoms with van der Waals surface area (Å²) in [7, 11) is 4.14. The van der Waals surface area contributed by atoms with E-state index in [4.69, 9.17) is 33.2 Å². The monoisotopic (exact) mass is 746 g/mol. The first-order valence-electron chi connectivity index (χ1n) is 17.0. The molecule has 0 atom stereocenters. The molecule has 54 heavy (non-hydrogen) atoms. The second-order valence-electron chi connectivity index (χ2n) is 15.0. The van der Waals surface area contributed by atoms with Gasteiger partial charge in [-0.2, -0.15) is 0 Å². The van der Waals surface area contributed by atoms with Crippen molar-refractivity contribution in [1.29, 1.82) is 0 Å². The molecule has 0 bridgehead atoms. The van der Waals surface area contributed by atoms with E-state index in [9.17, 15) is 24.6 Å². The van der Waals surface area contributed by atoms with Gasteiger partial charge in [0.25, 0.3) is 0 Å². The van der Waals surface area contributed by atoms with Crippen molar-refractivity contribution in [1.82, 2.24) is 0 Å². The highest BCUT2D eigenvalue weighted by molar-refractivity contribution is 5.94. The number of hydrogen-bond acceptors (Lipinski definition) is 12. The van der Waals surface area contributed by atoms with Crippen LogP contribution in [0.1, 0.15) is 79.0 Å². The predicted molar refractivity (Wildman–Crippen MR) is 206 cm³/mol. The Morgan fingerprint density at radius 3 is 1.43 bits per heavy atom. The van der Waals surface area contributed by atoms with Crippen LogP contribution >= 0.6 is 0 Å². The highest BCUT2D eigenvalue weighted by atomic mass is 16.6.